The second kappa shape index (κ2) is 8.79. The van der Waals surface area contributed by atoms with Crippen LogP contribution in [-0.2, 0) is 12.1 Å². The first-order valence-electron chi connectivity index (χ1n) is 10.0. The summed E-state index contributed by atoms with van der Waals surface area (Å²) in [5.41, 5.74) is -6.53. The number of hydrogen-bond donors (Lipinski definition) is 1. The van der Waals surface area contributed by atoms with Gasteiger partial charge >= 0.3 is 12.4 Å². The Morgan fingerprint density at radius 1 is 0.909 bits per heavy atom. The van der Waals surface area contributed by atoms with Gasteiger partial charge in [-0.15, -0.1) is 0 Å². The summed E-state index contributed by atoms with van der Waals surface area (Å²) in [6, 6.07) is 9.38. The van der Waals surface area contributed by atoms with E-state index in [1.54, 1.807) is 18.2 Å². The quantitative estimate of drug-likeness (QED) is 0.535. The molecular formula is C22H21F6N3O2. The van der Waals surface area contributed by atoms with Crippen molar-refractivity contribution >= 4 is 10.9 Å². The highest BCUT2D eigenvalue weighted by Gasteiger charge is 2.71. The molecule has 0 bridgehead atoms. The van der Waals surface area contributed by atoms with Gasteiger partial charge in [0.15, 0.2) is 0 Å². The molecule has 0 atom stereocenters. The average Bonchev–Trinajstić information content (AvgIpc) is 2.75. The Hall–Kier alpha value is -2.92. The Morgan fingerprint density at radius 3 is 1.97 bits per heavy atom. The van der Waals surface area contributed by atoms with Crippen LogP contribution in [0.15, 0.2) is 53.3 Å². The van der Waals surface area contributed by atoms with Crippen molar-refractivity contribution in [3.05, 3.63) is 70.3 Å². The molecule has 0 radical (unpaired) electrons. The van der Waals surface area contributed by atoms with Crippen LogP contribution in [0.4, 0.5) is 26.3 Å². The maximum atomic E-state index is 13.2. The Bertz CT molecular complexity index is 1170. The zero-order chi connectivity index (χ0) is 24.6. The van der Waals surface area contributed by atoms with E-state index in [4.69, 9.17) is 0 Å². The first kappa shape index (κ1) is 24.7. The summed E-state index contributed by atoms with van der Waals surface area (Å²) in [6.07, 6.45) is -12.0. The molecule has 178 valence electrons. The highest BCUT2D eigenvalue weighted by molar-refractivity contribution is 5.77. The molecule has 0 aliphatic carbocycles. The van der Waals surface area contributed by atoms with Gasteiger partial charge in [-0.2, -0.15) is 26.3 Å². The Kier molecular flexibility index (Phi) is 6.58. The molecular weight excluding hydrogens is 452 g/mol. The zero-order valence-electron chi connectivity index (χ0n) is 17.7. The van der Waals surface area contributed by atoms with Crippen molar-refractivity contribution in [2.45, 2.75) is 38.3 Å². The predicted molar refractivity (Wildman–Crippen MR) is 110 cm³/mol. The van der Waals surface area contributed by atoms with Crippen molar-refractivity contribution in [1.29, 1.82) is 0 Å². The van der Waals surface area contributed by atoms with Gasteiger partial charge in [-0.3, -0.25) is 14.3 Å². The summed E-state index contributed by atoms with van der Waals surface area (Å²) in [5.74, 6) is 0.275. The number of hydrogen-bond acceptors (Lipinski definition) is 4. The topological polar surface area (TPSA) is 58.4 Å². The molecule has 33 heavy (non-hydrogen) atoms. The third-order valence-corrected chi connectivity index (χ3v) is 5.47. The maximum Gasteiger partial charge on any atom is 0.430 e. The van der Waals surface area contributed by atoms with Crippen LogP contribution < -0.4 is 5.56 Å². The molecule has 0 aliphatic rings. The molecule has 0 fully saturated rings. The lowest BCUT2D eigenvalue weighted by atomic mass is 9.92. The van der Waals surface area contributed by atoms with Crippen LogP contribution >= 0.6 is 0 Å². The Labute approximate surface area is 184 Å². The molecule has 0 saturated carbocycles. The Morgan fingerprint density at radius 2 is 1.45 bits per heavy atom. The van der Waals surface area contributed by atoms with Gasteiger partial charge in [-0.1, -0.05) is 38.1 Å². The summed E-state index contributed by atoms with van der Waals surface area (Å²) < 4.78 is 80.3. The molecule has 0 aliphatic heterocycles. The van der Waals surface area contributed by atoms with Gasteiger partial charge in [0.1, 0.15) is 5.82 Å². The molecule has 1 heterocycles. The summed E-state index contributed by atoms with van der Waals surface area (Å²) >= 11 is 0. The average molecular weight is 473 g/mol. The van der Waals surface area contributed by atoms with Gasteiger partial charge in [0.25, 0.3) is 11.2 Å². The predicted octanol–water partition coefficient (Wildman–Crippen LogP) is 4.54. The van der Waals surface area contributed by atoms with Crippen LogP contribution in [0.5, 0.6) is 0 Å². The zero-order valence-corrected chi connectivity index (χ0v) is 17.7. The van der Waals surface area contributed by atoms with Crippen LogP contribution in [0, 0.1) is 0 Å². The molecule has 11 heteroatoms. The fraction of sp³-hybridized carbons (Fsp3) is 0.364. The lowest BCUT2D eigenvalue weighted by Crippen LogP contribution is -2.53. The van der Waals surface area contributed by atoms with Crippen LogP contribution in [-0.4, -0.2) is 45.0 Å². The number of nitrogens with zero attached hydrogens (tertiary/aromatic N) is 3. The van der Waals surface area contributed by atoms with E-state index in [0.29, 0.717) is 30.7 Å². The van der Waals surface area contributed by atoms with E-state index in [0.717, 1.165) is 16.7 Å². The lowest BCUT2D eigenvalue weighted by molar-refractivity contribution is -0.376. The molecule has 1 N–H and O–H groups in total. The maximum absolute atomic E-state index is 13.2. The Balaban J connectivity index is 2.20. The SMILES string of the molecule is CCN(CC)Cc1nc2ccccc2c(=O)n1-c1ccc(C(O)(C(F)(F)F)C(F)(F)F)cc1. The number of fused-ring (bicyclic) bond motifs is 1. The molecule has 1 aromatic heterocycles. The third-order valence-electron chi connectivity index (χ3n) is 5.47. The summed E-state index contributed by atoms with van der Waals surface area (Å²) in [5, 5.41) is 9.86. The van der Waals surface area contributed by atoms with Crippen molar-refractivity contribution in [2.75, 3.05) is 13.1 Å². The number of aliphatic hydroxyl groups is 1. The van der Waals surface area contributed by atoms with Gasteiger partial charge in [0.2, 0.25) is 0 Å². The van der Waals surface area contributed by atoms with E-state index >= 15 is 0 Å². The van der Waals surface area contributed by atoms with E-state index < -0.39 is 29.1 Å². The first-order valence-corrected chi connectivity index (χ1v) is 10.0. The molecule has 3 rings (SSSR count). The monoisotopic (exact) mass is 473 g/mol. The first-order chi connectivity index (χ1) is 15.3. The standard InChI is InChI=1S/C22H21F6N3O2/c1-3-30(4-2)13-18-29-17-8-6-5-7-16(17)19(32)31(18)15-11-9-14(10-12-15)20(33,21(23,24)25)22(26,27)28/h5-12,33H,3-4,13H2,1-2H3. The summed E-state index contributed by atoms with van der Waals surface area (Å²) in [6.45, 7) is 5.28. The van der Waals surface area contributed by atoms with E-state index in [9.17, 15) is 36.2 Å². The molecule has 0 saturated heterocycles. The molecule has 5 nitrogen and oxygen atoms in total. The number of benzene rings is 2. The van der Waals surface area contributed by atoms with E-state index in [1.807, 2.05) is 18.7 Å². The number of halogens is 6. The van der Waals surface area contributed by atoms with Crippen molar-refractivity contribution in [1.82, 2.24) is 14.5 Å². The normalized spacial score (nSPS) is 13.2. The molecule has 0 spiro atoms. The van der Waals surface area contributed by atoms with E-state index in [1.165, 1.54) is 6.07 Å². The second-order valence-electron chi connectivity index (χ2n) is 7.40. The summed E-state index contributed by atoms with van der Waals surface area (Å²) in [7, 11) is 0. The van der Waals surface area contributed by atoms with Gasteiger partial charge in [0.05, 0.1) is 23.1 Å². The fourth-order valence-corrected chi connectivity index (χ4v) is 3.54. The van der Waals surface area contributed by atoms with Gasteiger partial charge < -0.3 is 5.11 Å². The van der Waals surface area contributed by atoms with Crippen LogP contribution in [0.2, 0.25) is 0 Å². The van der Waals surface area contributed by atoms with Crippen molar-refractivity contribution in [3.63, 3.8) is 0 Å². The van der Waals surface area contributed by atoms with E-state index in [2.05, 4.69) is 4.98 Å². The molecule has 0 unspecified atom stereocenters. The van der Waals surface area contributed by atoms with Crippen molar-refractivity contribution in [2.24, 2.45) is 0 Å². The number of alkyl halides is 6. The smallest absolute Gasteiger partial charge is 0.369 e. The minimum Gasteiger partial charge on any atom is -0.369 e. The summed E-state index contributed by atoms with van der Waals surface area (Å²) in [4.78, 5) is 19.7. The molecule has 0 amide bonds. The molecule has 3 aromatic rings. The minimum atomic E-state index is -6.00. The third kappa shape index (κ3) is 4.34. The van der Waals surface area contributed by atoms with E-state index in [-0.39, 0.29) is 23.4 Å². The van der Waals surface area contributed by atoms with Crippen molar-refractivity contribution in [3.8, 4) is 5.69 Å². The minimum absolute atomic E-state index is 0.0239. The fourth-order valence-electron chi connectivity index (χ4n) is 3.54. The van der Waals surface area contributed by atoms with Crippen LogP contribution in [0.25, 0.3) is 16.6 Å². The second-order valence-corrected chi connectivity index (χ2v) is 7.40. The van der Waals surface area contributed by atoms with Gasteiger partial charge in [-0.05, 0) is 37.4 Å². The van der Waals surface area contributed by atoms with Gasteiger partial charge in [-0.25, -0.2) is 4.98 Å². The highest BCUT2D eigenvalue weighted by atomic mass is 19.4. The van der Waals surface area contributed by atoms with Crippen molar-refractivity contribution < 1.29 is 31.4 Å². The number of para-hydroxylation sites is 1. The number of rotatable bonds is 6. The number of aromatic nitrogens is 2. The highest BCUT2D eigenvalue weighted by Crippen LogP contribution is 2.50. The largest absolute Gasteiger partial charge is 0.430 e. The van der Waals surface area contributed by atoms with Crippen LogP contribution in [0.3, 0.4) is 0 Å². The molecule has 2 aromatic carbocycles. The van der Waals surface area contributed by atoms with Crippen LogP contribution in [0.1, 0.15) is 25.2 Å². The van der Waals surface area contributed by atoms with Gasteiger partial charge in [0, 0.05) is 5.56 Å². The lowest BCUT2D eigenvalue weighted by Gasteiger charge is -2.32.